The molecule has 1 amide bonds. The van der Waals surface area contributed by atoms with E-state index >= 15 is 0 Å². The molecule has 0 aliphatic carbocycles. The molecule has 2 aromatic carbocycles. The molecule has 0 bridgehead atoms. The first kappa shape index (κ1) is 19.5. The van der Waals surface area contributed by atoms with Gasteiger partial charge in [-0.3, -0.25) is 9.69 Å². The molecule has 0 radical (unpaired) electrons. The number of fused-ring (bicyclic) bond motifs is 1. The van der Waals surface area contributed by atoms with E-state index in [1.807, 2.05) is 30.3 Å². The number of carbonyl (C=O) groups excluding carboxylic acids is 1. The van der Waals surface area contributed by atoms with Crippen LogP contribution in [0.3, 0.4) is 0 Å². The van der Waals surface area contributed by atoms with Gasteiger partial charge in [0.05, 0.1) is 26.8 Å². The lowest BCUT2D eigenvalue weighted by molar-refractivity contribution is -0.117. The molecule has 5 nitrogen and oxygen atoms in total. The first-order valence-electron chi connectivity index (χ1n) is 9.56. The molecule has 1 atom stereocenters. The maximum absolute atomic E-state index is 12.7. The molecular formula is C23H24N2O3S. The summed E-state index contributed by atoms with van der Waals surface area (Å²) in [6, 6.07) is 17.9. The molecule has 150 valence electrons. The van der Waals surface area contributed by atoms with E-state index in [4.69, 9.17) is 9.47 Å². The topological polar surface area (TPSA) is 50.8 Å². The highest BCUT2D eigenvalue weighted by Gasteiger charge is 2.32. The monoisotopic (exact) mass is 408 g/mol. The third-order valence-electron chi connectivity index (χ3n) is 5.19. The molecule has 0 saturated carbocycles. The maximum atomic E-state index is 12.7. The minimum atomic E-state index is -0.0123. The van der Waals surface area contributed by atoms with Crippen LogP contribution in [0.1, 0.15) is 22.0 Å². The Morgan fingerprint density at radius 2 is 1.86 bits per heavy atom. The van der Waals surface area contributed by atoms with Crippen LogP contribution >= 0.6 is 11.3 Å². The van der Waals surface area contributed by atoms with E-state index < -0.39 is 0 Å². The van der Waals surface area contributed by atoms with Crippen LogP contribution in [-0.4, -0.2) is 38.1 Å². The van der Waals surface area contributed by atoms with Crippen molar-refractivity contribution in [2.45, 2.75) is 12.5 Å². The summed E-state index contributed by atoms with van der Waals surface area (Å²) in [7, 11) is 3.31. The Bertz CT molecular complexity index is 973. The average Bonchev–Trinajstić information content (AvgIpc) is 3.27. The van der Waals surface area contributed by atoms with Crippen molar-refractivity contribution < 1.29 is 14.3 Å². The van der Waals surface area contributed by atoms with Gasteiger partial charge in [-0.25, -0.2) is 0 Å². The van der Waals surface area contributed by atoms with Gasteiger partial charge in [-0.2, -0.15) is 0 Å². The van der Waals surface area contributed by atoms with Crippen LogP contribution in [0.2, 0.25) is 0 Å². The number of amides is 1. The number of rotatable bonds is 6. The van der Waals surface area contributed by atoms with Gasteiger partial charge in [0.25, 0.3) is 0 Å². The van der Waals surface area contributed by atoms with E-state index in [1.54, 1.807) is 25.6 Å². The zero-order chi connectivity index (χ0) is 20.2. The molecule has 29 heavy (non-hydrogen) atoms. The van der Waals surface area contributed by atoms with Crippen molar-refractivity contribution in [2.75, 3.05) is 32.6 Å². The molecule has 0 fully saturated rings. The predicted molar refractivity (Wildman–Crippen MR) is 116 cm³/mol. The zero-order valence-corrected chi connectivity index (χ0v) is 17.4. The summed E-state index contributed by atoms with van der Waals surface area (Å²) < 4.78 is 11.0. The molecular weight excluding hydrogens is 384 g/mol. The summed E-state index contributed by atoms with van der Waals surface area (Å²) in [5, 5.41) is 5.07. The van der Waals surface area contributed by atoms with Crippen molar-refractivity contribution in [1.29, 1.82) is 0 Å². The van der Waals surface area contributed by atoms with E-state index in [2.05, 4.69) is 39.9 Å². The van der Waals surface area contributed by atoms with Crippen LogP contribution in [-0.2, 0) is 11.2 Å². The number of hydrogen-bond acceptors (Lipinski definition) is 5. The summed E-state index contributed by atoms with van der Waals surface area (Å²) in [5.41, 5.74) is 3.22. The fourth-order valence-electron chi connectivity index (χ4n) is 3.85. The third-order valence-corrected chi connectivity index (χ3v) is 6.12. The number of ether oxygens (including phenoxy) is 2. The normalized spacial score (nSPS) is 16.1. The summed E-state index contributed by atoms with van der Waals surface area (Å²) in [4.78, 5) is 16.2. The Balaban J connectivity index is 1.64. The van der Waals surface area contributed by atoms with Crippen molar-refractivity contribution in [3.05, 3.63) is 76.0 Å². The van der Waals surface area contributed by atoms with Crippen LogP contribution in [0.25, 0.3) is 0 Å². The van der Waals surface area contributed by atoms with E-state index in [9.17, 15) is 4.79 Å². The molecule has 0 spiro atoms. The summed E-state index contributed by atoms with van der Waals surface area (Å²) in [5.74, 6) is 1.44. The van der Waals surface area contributed by atoms with Crippen molar-refractivity contribution >= 4 is 22.9 Å². The van der Waals surface area contributed by atoms with Crippen molar-refractivity contribution in [1.82, 2.24) is 4.90 Å². The minimum Gasteiger partial charge on any atom is -0.493 e. The van der Waals surface area contributed by atoms with Gasteiger partial charge in [0.15, 0.2) is 11.5 Å². The predicted octanol–water partition coefficient (Wildman–Crippen LogP) is 4.35. The van der Waals surface area contributed by atoms with Gasteiger partial charge in [0.1, 0.15) is 0 Å². The second-order valence-corrected chi connectivity index (χ2v) is 7.94. The van der Waals surface area contributed by atoms with Gasteiger partial charge in [0.2, 0.25) is 5.91 Å². The van der Waals surface area contributed by atoms with Gasteiger partial charge in [-0.1, -0.05) is 24.3 Å². The molecule has 1 aliphatic rings. The van der Waals surface area contributed by atoms with Gasteiger partial charge < -0.3 is 14.8 Å². The van der Waals surface area contributed by atoms with E-state index in [0.717, 1.165) is 24.4 Å². The van der Waals surface area contributed by atoms with E-state index in [-0.39, 0.29) is 11.9 Å². The number of nitrogens with zero attached hydrogens (tertiary/aromatic N) is 1. The number of methoxy groups -OCH3 is 2. The van der Waals surface area contributed by atoms with Crippen molar-refractivity contribution in [3.63, 3.8) is 0 Å². The molecule has 1 aliphatic heterocycles. The summed E-state index contributed by atoms with van der Waals surface area (Å²) in [6.45, 7) is 1.12. The molecule has 2 heterocycles. The third kappa shape index (κ3) is 4.13. The average molecular weight is 409 g/mol. The lowest BCUT2D eigenvalue weighted by atomic mass is 9.91. The van der Waals surface area contributed by atoms with Crippen LogP contribution in [0.5, 0.6) is 11.5 Å². The number of hydrogen-bond donors (Lipinski definition) is 1. The highest BCUT2D eigenvalue weighted by Crippen LogP contribution is 2.42. The Hall–Kier alpha value is -2.83. The fourth-order valence-corrected chi connectivity index (χ4v) is 4.73. The first-order chi connectivity index (χ1) is 14.2. The SMILES string of the molecule is COc1cc2c(cc1OC)[C@H](c1cccs1)N(CC(=O)Nc1ccccc1)CC2. The van der Waals surface area contributed by atoms with Crippen LogP contribution in [0.4, 0.5) is 5.69 Å². The van der Waals surface area contributed by atoms with Crippen LogP contribution in [0.15, 0.2) is 60.0 Å². The van der Waals surface area contributed by atoms with Crippen molar-refractivity contribution in [3.8, 4) is 11.5 Å². The summed E-state index contributed by atoms with van der Waals surface area (Å²) in [6.07, 6.45) is 0.857. The molecule has 1 N–H and O–H groups in total. The number of nitrogens with one attached hydrogen (secondary N) is 1. The minimum absolute atomic E-state index is 0.0123. The molecule has 0 unspecified atom stereocenters. The number of benzene rings is 2. The lowest BCUT2D eigenvalue weighted by Gasteiger charge is -2.37. The number of thiophene rings is 1. The molecule has 3 aromatic rings. The van der Waals surface area contributed by atoms with Gasteiger partial charge >= 0.3 is 0 Å². The van der Waals surface area contributed by atoms with E-state index in [0.29, 0.717) is 12.3 Å². The molecule has 1 aromatic heterocycles. The Morgan fingerprint density at radius 1 is 1.10 bits per heavy atom. The number of para-hydroxylation sites is 1. The Kier molecular flexibility index (Phi) is 5.83. The largest absolute Gasteiger partial charge is 0.493 e. The molecule has 0 saturated heterocycles. The lowest BCUT2D eigenvalue weighted by Crippen LogP contribution is -2.40. The highest BCUT2D eigenvalue weighted by atomic mass is 32.1. The van der Waals surface area contributed by atoms with Gasteiger partial charge in [-0.15, -0.1) is 11.3 Å². The van der Waals surface area contributed by atoms with Crippen molar-refractivity contribution in [2.24, 2.45) is 0 Å². The van der Waals surface area contributed by atoms with Gasteiger partial charge in [-0.05, 0) is 53.3 Å². The fraction of sp³-hybridized carbons (Fsp3) is 0.261. The van der Waals surface area contributed by atoms with Crippen LogP contribution in [0, 0.1) is 0 Å². The zero-order valence-electron chi connectivity index (χ0n) is 16.6. The van der Waals surface area contributed by atoms with Gasteiger partial charge in [0, 0.05) is 17.1 Å². The first-order valence-corrected chi connectivity index (χ1v) is 10.4. The standard InChI is InChI=1S/C23H24N2O3S/c1-27-19-13-16-10-11-25(15-22(26)24-17-7-4-3-5-8-17)23(21-9-6-12-29-21)18(16)14-20(19)28-2/h3-9,12-14,23H,10-11,15H2,1-2H3,(H,24,26)/t23-/m1/s1. The van der Waals surface area contributed by atoms with E-state index in [1.165, 1.54) is 16.0 Å². The van der Waals surface area contributed by atoms with Crippen LogP contribution < -0.4 is 14.8 Å². The highest BCUT2D eigenvalue weighted by molar-refractivity contribution is 7.10. The number of anilines is 1. The second kappa shape index (κ2) is 8.68. The number of carbonyl (C=O) groups is 1. The summed E-state index contributed by atoms with van der Waals surface area (Å²) >= 11 is 1.71. The molecule has 6 heteroatoms. The maximum Gasteiger partial charge on any atom is 0.238 e. The quantitative estimate of drug-likeness (QED) is 0.659. The smallest absolute Gasteiger partial charge is 0.238 e. The Labute approximate surface area is 174 Å². The second-order valence-electron chi connectivity index (χ2n) is 6.96. The molecule has 4 rings (SSSR count). The Morgan fingerprint density at radius 3 is 2.55 bits per heavy atom.